The Morgan fingerprint density at radius 1 is 1.47 bits per heavy atom. The van der Waals surface area contributed by atoms with Gasteiger partial charge in [0.25, 0.3) is 0 Å². The van der Waals surface area contributed by atoms with Crippen LogP contribution in [-0.4, -0.2) is 48.2 Å². The van der Waals surface area contributed by atoms with Gasteiger partial charge in [0, 0.05) is 26.6 Å². The lowest BCUT2D eigenvalue weighted by molar-refractivity contribution is -0.142. The number of hydrogen-bond acceptors (Lipinski definition) is 5. The quantitative estimate of drug-likeness (QED) is 0.623. The third kappa shape index (κ3) is 9.33. The number of ether oxygens (including phenoxy) is 1. The topological polar surface area (TPSA) is 90.6 Å². The van der Waals surface area contributed by atoms with Gasteiger partial charge in [-0.05, 0) is 6.92 Å². The average Bonchev–Trinajstić information content (AvgIpc) is 2.24. The summed E-state index contributed by atoms with van der Waals surface area (Å²) in [6.45, 7) is 4.57. The van der Waals surface area contributed by atoms with Gasteiger partial charge in [0.05, 0.1) is 18.4 Å². The molecule has 96 valence electrons. The molecule has 0 bridgehead atoms. The largest absolute Gasteiger partial charge is 0.481 e. The van der Waals surface area contributed by atoms with Crippen LogP contribution in [0.1, 0.15) is 20.3 Å². The Kier molecular flexibility index (Phi) is 7.72. The summed E-state index contributed by atoms with van der Waals surface area (Å²) in [5.74, 6) is -1.43. The predicted molar refractivity (Wildman–Crippen MR) is 60.1 cm³/mol. The van der Waals surface area contributed by atoms with Crippen molar-refractivity contribution in [3.8, 4) is 6.07 Å². The number of carboxylic acid groups (broad SMARTS) is 1. The van der Waals surface area contributed by atoms with Gasteiger partial charge in [0.1, 0.15) is 6.61 Å². The van der Waals surface area contributed by atoms with Crippen LogP contribution in [-0.2, 0) is 14.3 Å². The van der Waals surface area contributed by atoms with E-state index >= 15 is 0 Å². The first-order valence-corrected chi connectivity index (χ1v) is 5.42. The molecule has 6 heteroatoms. The molecule has 0 rings (SSSR count). The zero-order valence-corrected chi connectivity index (χ0v) is 10.2. The van der Waals surface area contributed by atoms with Crippen molar-refractivity contribution in [2.24, 2.45) is 5.92 Å². The number of hydrogen-bond donors (Lipinski definition) is 1. The number of carbonyl (C=O) groups is 2. The molecule has 0 fully saturated rings. The van der Waals surface area contributed by atoms with Crippen LogP contribution in [0.2, 0.25) is 0 Å². The van der Waals surface area contributed by atoms with E-state index in [9.17, 15) is 9.59 Å². The maximum absolute atomic E-state index is 10.6. The number of nitriles is 1. The molecule has 0 saturated heterocycles. The molecular formula is C11H18N2O4. The molecule has 6 nitrogen and oxygen atoms in total. The molecule has 17 heavy (non-hydrogen) atoms. The standard InChI is InChI=1S/C11H18N2O4/c1-9(7-12)8-13(4-3-11(15)16)5-6-17-10(2)14/h9H,3-6,8H2,1-2H3,(H,15,16). The summed E-state index contributed by atoms with van der Waals surface area (Å²) in [4.78, 5) is 22.9. The van der Waals surface area contributed by atoms with Crippen molar-refractivity contribution < 1.29 is 19.4 Å². The first-order chi connectivity index (χ1) is 7.95. The van der Waals surface area contributed by atoms with Crippen LogP contribution in [0.3, 0.4) is 0 Å². The van der Waals surface area contributed by atoms with Crippen molar-refractivity contribution >= 4 is 11.9 Å². The van der Waals surface area contributed by atoms with E-state index in [-0.39, 0.29) is 24.9 Å². The molecule has 0 aromatic rings. The van der Waals surface area contributed by atoms with Crippen LogP contribution in [0, 0.1) is 17.2 Å². The molecule has 1 atom stereocenters. The molecule has 1 unspecified atom stereocenters. The van der Waals surface area contributed by atoms with Crippen LogP contribution in [0.4, 0.5) is 0 Å². The second-order valence-electron chi connectivity index (χ2n) is 3.81. The van der Waals surface area contributed by atoms with Crippen LogP contribution in [0.5, 0.6) is 0 Å². The van der Waals surface area contributed by atoms with Gasteiger partial charge in [-0.3, -0.25) is 14.5 Å². The maximum atomic E-state index is 10.6. The summed E-state index contributed by atoms with van der Waals surface area (Å²) < 4.78 is 4.78. The van der Waals surface area contributed by atoms with Gasteiger partial charge in [0.2, 0.25) is 0 Å². The number of nitrogens with zero attached hydrogens (tertiary/aromatic N) is 2. The second-order valence-corrected chi connectivity index (χ2v) is 3.81. The molecule has 0 saturated carbocycles. The van der Waals surface area contributed by atoms with E-state index in [2.05, 4.69) is 6.07 Å². The highest BCUT2D eigenvalue weighted by molar-refractivity contribution is 5.67. The predicted octanol–water partition coefficient (Wildman–Crippen LogP) is 0.486. The zero-order valence-electron chi connectivity index (χ0n) is 10.2. The van der Waals surface area contributed by atoms with Gasteiger partial charge in [0.15, 0.2) is 0 Å². The number of carboxylic acids is 1. The van der Waals surface area contributed by atoms with Crippen molar-refractivity contribution in [3.05, 3.63) is 0 Å². The first kappa shape index (κ1) is 15.4. The summed E-state index contributed by atoms with van der Waals surface area (Å²) in [7, 11) is 0. The van der Waals surface area contributed by atoms with Crippen molar-refractivity contribution in [1.29, 1.82) is 5.26 Å². The lowest BCUT2D eigenvalue weighted by Crippen LogP contribution is -2.33. The fraction of sp³-hybridized carbons (Fsp3) is 0.727. The average molecular weight is 242 g/mol. The smallest absolute Gasteiger partial charge is 0.304 e. The fourth-order valence-corrected chi connectivity index (χ4v) is 1.29. The molecule has 0 aliphatic heterocycles. The molecular weight excluding hydrogens is 224 g/mol. The van der Waals surface area contributed by atoms with Crippen LogP contribution < -0.4 is 0 Å². The third-order valence-corrected chi connectivity index (χ3v) is 2.11. The number of aliphatic carboxylic acids is 1. The Labute approximate surface area is 101 Å². The minimum atomic E-state index is -0.882. The molecule has 0 heterocycles. The van der Waals surface area contributed by atoms with Crippen LogP contribution in [0.25, 0.3) is 0 Å². The minimum absolute atomic E-state index is 0.0121. The Hall–Kier alpha value is -1.61. The van der Waals surface area contributed by atoms with E-state index < -0.39 is 5.97 Å². The van der Waals surface area contributed by atoms with Crippen molar-refractivity contribution in [1.82, 2.24) is 4.90 Å². The SMILES string of the molecule is CC(=O)OCCN(CCC(=O)O)CC(C)C#N. The molecule has 0 spiro atoms. The molecule has 1 N–H and O–H groups in total. The summed E-state index contributed by atoms with van der Waals surface area (Å²) in [5, 5.41) is 17.3. The molecule has 0 aliphatic rings. The van der Waals surface area contributed by atoms with E-state index in [0.29, 0.717) is 19.6 Å². The van der Waals surface area contributed by atoms with Gasteiger partial charge in [-0.15, -0.1) is 0 Å². The molecule has 0 aromatic heterocycles. The molecule has 0 radical (unpaired) electrons. The lowest BCUT2D eigenvalue weighted by Gasteiger charge is -2.22. The van der Waals surface area contributed by atoms with Gasteiger partial charge < -0.3 is 9.84 Å². The van der Waals surface area contributed by atoms with Gasteiger partial charge in [-0.2, -0.15) is 5.26 Å². The molecule has 0 amide bonds. The summed E-state index contributed by atoms with van der Waals surface area (Å²) in [5.41, 5.74) is 0. The van der Waals surface area contributed by atoms with Crippen LogP contribution >= 0.6 is 0 Å². The Morgan fingerprint density at radius 2 is 2.12 bits per heavy atom. The van der Waals surface area contributed by atoms with Gasteiger partial charge in [-0.25, -0.2) is 0 Å². The highest BCUT2D eigenvalue weighted by atomic mass is 16.5. The lowest BCUT2D eigenvalue weighted by atomic mass is 10.2. The zero-order chi connectivity index (χ0) is 13.3. The van der Waals surface area contributed by atoms with E-state index in [4.69, 9.17) is 15.1 Å². The van der Waals surface area contributed by atoms with Crippen molar-refractivity contribution in [2.45, 2.75) is 20.3 Å². The summed E-state index contributed by atoms with van der Waals surface area (Å²) >= 11 is 0. The first-order valence-electron chi connectivity index (χ1n) is 5.42. The highest BCUT2D eigenvalue weighted by Gasteiger charge is 2.11. The molecule has 0 aromatic carbocycles. The molecule has 0 aliphatic carbocycles. The third-order valence-electron chi connectivity index (χ3n) is 2.11. The Balaban J connectivity index is 4.06. The highest BCUT2D eigenvalue weighted by Crippen LogP contribution is 2.00. The number of esters is 1. The number of rotatable bonds is 8. The monoisotopic (exact) mass is 242 g/mol. The normalized spacial score (nSPS) is 11.9. The van der Waals surface area contributed by atoms with Crippen molar-refractivity contribution in [2.75, 3.05) is 26.2 Å². The Morgan fingerprint density at radius 3 is 2.59 bits per heavy atom. The van der Waals surface area contributed by atoms with E-state index in [1.165, 1.54) is 6.92 Å². The van der Waals surface area contributed by atoms with E-state index in [0.717, 1.165) is 0 Å². The minimum Gasteiger partial charge on any atom is -0.481 e. The summed E-state index contributed by atoms with van der Waals surface area (Å²) in [6.07, 6.45) is 0.0121. The summed E-state index contributed by atoms with van der Waals surface area (Å²) in [6, 6.07) is 2.09. The number of carbonyl (C=O) groups excluding carboxylic acids is 1. The van der Waals surface area contributed by atoms with Crippen LogP contribution in [0.15, 0.2) is 0 Å². The maximum Gasteiger partial charge on any atom is 0.304 e. The Bertz CT molecular complexity index is 298. The van der Waals surface area contributed by atoms with Gasteiger partial charge >= 0.3 is 11.9 Å². The van der Waals surface area contributed by atoms with Crippen molar-refractivity contribution in [3.63, 3.8) is 0 Å². The van der Waals surface area contributed by atoms with Gasteiger partial charge in [-0.1, -0.05) is 0 Å². The van der Waals surface area contributed by atoms with E-state index in [1.54, 1.807) is 6.92 Å². The van der Waals surface area contributed by atoms with E-state index in [1.807, 2.05) is 4.90 Å². The second kappa shape index (κ2) is 8.53. The fourth-order valence-electron chi connectivity index (χ4n) is 1.29.